The molecule has 1 atom stereocenters. The Hall–Kier alpha value is -1.58. The van der Waals surface area contributed by atoms with E-state index in [1.54, 1.807) is 12.2 Å². The van der Waals surface area contributed by atoms with Gasteiger partial charge < -0.3 is 9.47 Å². The first kappa shape index (κ1) is 14.5. The van der Waals surface area contributed by atoms with E-state index in [2.05, 4.69) is 0 Å². The summed E-state index contributed by atoms with van der Waals surface area (Å²) in [5.41, 5.74) is 0.833. The molecular weight excluding hydrogens is 232 g/mol. The van der Waals surface area contributed by atoms with E-state index in [0.29, 0.717) is 12.2 Å². The molecule has 18 heavy (non-hydrogen) atoms. The van der Waals surface area contributed by atoms with Gasteiger partial charge in [-0.25, -0.2) is 0 Å². The van der Waals surface area contributed by atoms with E-state index in [0.717, 1.165) is 5.57 Å². The highest BCUT2D eigenvalue weighted by Gasteiger charge is 2.28. The highest BCUT2D eigenvalue weighted by atomic mass is 16.5. The second-order valence-electron chi connectivity index (χ2n) is 5.40. The van der Waals surface area contributed by atoms with Gasteiger partial charge in [0.1, 0.15) is 11.9 Å². The molecule has 0 saturated carbocycles. The second-order valence-corrected chi connectivity index (χ2v) is 5.40. The third kappa shape index (κ3) is 4.02. The maximum Gasteiger partial charge on any atom is 0.308 e. The third-order valence-electron chi connectivity index (χ3n) is 2.64. The Balaban J connectivity index is 2.97. The average Bonchev–Trinajstić information content (AvgIpc) is 2.17. The van der Waals surface area contributed by atoms with Crippen LogP contribution in [0.2, 0.25) is 0 Å². The molecule has 4 nitrogen and oxygen atoms in total. The van der Waals surface area contributed by atoms with Gasteiger partial charge in [0.25, 0.3) is 0 Å². The van der Waals surface area contributed by atoms with Crippen LogP contribution in [0.15, 0.2) is 23.5 Å². The van der Waals surface area contributed by atoms with Crippen LogP contribution in [0.3, 0.4) is 0 Å². The smallest absolute Gasteiger partial charge is 0.308 e. The normalized spacial score (nSPS) is 19.7. The molecule has 1 aliphatic carbocycles. The lowest BCUT2D eigenvalue weighted by Crippen LogP contribution is -2.24. The van der Waals surface area contributed by atoms with E-state index in [4.69, 9.17) is 9.47 Å². The van der Waals surface area contributed by atoms with Crippen LogP contribution >= 0.6 is 0 Å². The number of carbonyl (C=O) groups excluding carboxylic acids is 2. The van der Waals surface area contributed by atoms with E-state index < -0.39 is 0 Å². The number of hydrogen-bond donors (Lipinski definition) is 0. The molecule has 0 aromatic carbocycles. The molecule has 1 aliphatic rings. The zero-order chi connectivity index (χ0) is 13.9. The lowest BCUT2D eigenvalue weighted by molar-refractivity contribution is -0.144. The quantitative estimate of drug-likeness (QED) is 0.709. The zero-order valence-electron chi connectivity index (χ0n) is 11.6. The fourth-order valence-corrected chi connectivity index (χ4v) is 1.89. The third-order valence-corrected chi connectivity index (χ3v) is 2.64. The van der Waals surface area contributed by atoms with Crippen molar-refractivity contribution < 1.29 is 19.1 Å². The zero-order valence-corrected chi connectivity index (χ0v) is 11.6. The summed E-state index contributed by atoms with van der Waals surface area (Å²) in [6, 6.07) is 0. The first-order valence-electron chi connectivity index (χ1n) is 5.97. The van der Waals surface area contributed by atoms with Gasteiger partial charge in [-0.2, -0.15) is 0 Å². The van der Waals surface area contributed by atoms with Crippen LogP contribution in [0, 0.1) is 5.41 Å². The number of rotatable bonds is 2. The monoisotopic (exact) mass is 252 g/mol. The predicted octanol–water partition coefficient (Wildman–Crippen LogP) is 2.74. The van der Waals surface area contributed by atoms with Gasteiger partial charge in [-0.1, -0.05) is 20.8 Å². The number of ether oxygens (including phenoxy) is 2. The molecule has 0 bridgehead atoms. The Morgan fingerprint density at radius 2 is 1.83 bits per heavy atom. The fourth-order valence-electron chi connectivity index (χ4n) is 1.89. The Labute approximate surface area is 108 Å². The summed E-state index contributed by atoms with van der Waals surface area (Å²) >= 11 is 0. The van der Waals surface area contributed by atoms with Gasteiger partial charge in [0.05, 0.1) is 0 Å². The van der Waals surface area contributed by atoms with E-state index in [9.17, 15) is 9.59 Å². The van der Waals surface area contributed by atoms with Crippen molar-refractivity contribution in [3.63, 3.8) is 0 Å². The molecule has 0 amide bonds. The standard InChI is InChI=1S/C14H20O4/c1-9(15)17-11-6-7-13(18-10(2)16)12(8-11)14(3,4)5/h6-7,11H,8H2,1-5H3. The highest BCUT2D eigenvalue weighted by molar-refractivity contribution is 5.68. The molecule has 0 radical (unpaired) electrons. The van der Waals surface area contributed by atoms with E-state index in [1.165, 1.54) is 13.8 Å². The van der Waals surface area contributed by atoms with Crippen LogP contribution in [0.4, 0.5) is 0 Å². The summed E-state index contributed by atoms with van der Waals surface area (Å²) in [7, 11) is 0. The lowest BCUT2D eigenvalue weighted by Gasteiger charge is -2.30. The van der Waals surface area contributed by atoms with Crippen molar-refractivity contribution >= 4 is 11.9 Å². The first-order chi connectivity index (χ1) is 8.20. The molecule has 4 heteroatoms. The highest BCUT2D eigenvalue weighted by Crippen LogP contribution is 2.36. The molecule has 0 aromatic heterocycles. The van der Waals surface area contributed by atoms with Crippen LogP contribution in [0.25, 0.3) is 0 Å². The van der Waals surface area contributed by atoms with Gasteiger partial charge in [-0.3, -0.25) is 9.59 Å². The Kier molecular flexibility index (Phi) is 4.33. The van der Waals surface area contributed by atoms with Crippen molar-refractivity contribution in [2.75, 3.05) is 0 Å². The van der Waals surface area contributed by atoms with Crippen LogP contribution < -0.4 is 0 Å². The minimum absolute atomic E-state index is 0.145. The Morgan fingerprint density at radius 3 is 2.28 bits per heavy atom. The lowest BCUT2D eigenvalue weighted by atomic mass is 9.80. The van der Waals surface area contributed by atoms with E-state index in [-0.39, 0.29) is 23.5 Å². The molecule has 0 aliphatic heterocycles. The van der Waals surface area contributed by atoms with Crippen LogP contribution in [0.1, 0.15) is 41.0 Å². The van der Waals surface area contributed by atoms with Crippen LogP contribution in [-0.4, -0.2) is 18.0 Å². The number of allylic oxidation sites excluding steroid dienone is 1. The molecule has 100 valence electrons. The number of carbonyl (C=O) groups is 2. The summed E-state index contributed by atoms with van der Waals surface area (Å²) in [6.07, 6.45) is 3.73. The summed E-state index contributed by atoms with van der Waals surface area (Å²) in [4.78, 5) is 22.0. The minimum atomic E-state index is -0.345. The summed E-state index contributed by atoms with van der Waals surface area (Å²) in [6.45, 7) is 8.87. The maximum atomic E-state index is 11.1. The fraction of sp³-hybridized carbons (Fsp3) is 0.571. The molecule has 1 unspecified atom stereocenters. The largest absolute Gasteiger partial charge is 0.458 e. The molecule has 0 N–H and O–H groups in total. The average molecular weight is 252 g/mol. The molecule has 0 fully saturated rings. The van der Waals surface area contributed by atoms with Crippen molar-refractivity contribution in [3.05, 3.63) is 23.5 Å². The molecule has 0 spiro atoms. The van der Waals surface area contributed by atoms with E-state index in [1.807, 2.05) is 20.8 Å². The van der Waals surface area contributed by atoms with Gasteiger partial charge in [0, 0.05) is 20.3 Å². The van der Waals surface area contributed by atoms with Crippen molar-refractivity contribution in [1.29, 1.82) is 0 Å². The number of esters is 2. The van der Waals surface area contributed by atoms with Gasteiger partial charge in [0.15, 0.2) is 0 Å². The second kappa shape index (κ2) is 5.38. The number of hydrogen-bond acceptors (Lipinski definition) is 4. The minimum Gasteiger partial charge on any atom is -0.458 e. The van der Waals surface area contributed by atoms with Crippen molar-refractivity contribution in [2.24, 2.45) is 5.41 Å². The van der Waals surface area contributed by atoms with Gasteiger partial charge in [-0.05, 0) is 23.1 Å². The first-order valence-corrected chi connectivity index (χ1v) is 5.97. The van der Waals surface area contributed by atoms with Gasteiger partial charge in [0.2, 0.25) is 0 Å². The predicted molar refractivity (Wildman–Crippen MR) is 67.6 cm³/mol. The topological polar surface area (TPSA) is 52.6 Å². The van der Waals surface area contributed by atoms with Gasteiger partial charge in [-0.15, -0.1) is 0 Å². The van der Waals surface area contributed by atoms with Gasteiger partial charge >= 0.3 is 11.9 Å². The van der Waals surface area contributed by atoms with Crippen molar-refractivity contribution in [2.45, 2.75) is 47.1 Å². The Bertz CT molecular complexity index is 410. The van der Waals surface area contributed by atoms with Crippen LogP contribution in [0.5, 0.6) is 0 Å². The Morgan fingerprint density at radius 1 is 1.22 bits per heavy atom. The summed E-state index contributed by atoms with van der Waals surface area (Å²) < 4.78 is 10.4. The summed E-state index contributed by atoms with van der Waals surface area (Å²) in [5.74, 6) is -0.0883. The van der Waals surface area contributed by atoms with Crippen molar-refractivity contribution in [3.8, 4) is 0 Å². The molecule has 0 aromatic rings. The molecular formula is C14H20O4. The molecule has 1 rings (SSSR count). The SMILES string of the molecule is CC(=O)OC1=C(C(C)(C)C)CC(OC(C)=O)C=C1. The van der Waals surface area contributed by atoms with Crippen LogP contribution in [-0.2, 0) is 19.1 Å². The van der Waals surface area contributed by atoms with Crippen molar-refractivity contribution in [1.82, 2.24) is 0 Å². The molecule has 0 saturated heterocycles. The van der Waals surface area contributed by atoms with E-state index >= 15 is 0 Å². The maximum absolute atomic E-state index is 11.1. The summed E-state index contributed by atoms with van der Waals surface area (Å²) in [5, 5.41) is 0. The molecule has 0 heterocycles.